The van der Waals surface area contributed by atoms with Crippen LogP contribution in [0.2, 0.25) is 0 Å². The highest BCUT2D eigenvalue weighted by atomic mass is 79.9. The number of hydrogen-bond acceptors (Lipinski definition) is 3. The van der Waals surface area contributed by atoms with Crippen LogP contribution in [0.3, 0.4) is 0 Å². The van der Waals surface area contributed by atoms with E-state index in [4.69, 9.17) is 4.42 Å². The summed E-state index contributed by atoms with van der Waals surface area (Å²) in [6, 6.07) is 8.51. The largest absolute Gasteiger partial charge is 0.453 e. The van der Waals surface area contributed by atoms with Gasteiger partial charge in [0.2, 0.25) is 0 Å². The van der Waals surface area contributed by atoms with Crippen LogP contribution >= 0.6 is 27.3 Å². The molecule has 1 N–H and O–H groups in total. The van der Waals surface area contributed by atoms with E-state index in [-0.39, 0.29) is 6.04 Å². The van der Waals surface area contributed by atoms with Crippen molar-refractivity contribution < 1.29 is 4.42 Å². The SMILES string of the molecule is CNC(CCc1cccs1)c1ccc(Br)o1. The highest BCUT2D eigenvalue weighted by Gasteiger charge is 2.13. The van der Waals surface area contributed by atoms with Gasteiger partial charge in [0.15, 0.2) is 4.67 Å². The second-order valence-corrected chi connectivity index (χ2v) is 5.41. The number of rotatable bonds is 5. The molecular weight excluding hydrogens is 286 g/mol. The molecule has 0 saturated heterocycles. The first-order valence-corrected chi connectivity index (χ1v) is 6.91. The quantitative estimate of drug-likeness (QED) is 0.903. The van der Waals surface area contributed by atoms with Crippen LogP contribution in [0.1, 0.15) is 23.1 Å². The molecule has 1 unspecified atom stereocenters. The normalized spacial score (nSPS) is 12.9. The Morgan fingerprint density at radius 1 is 1.44 bits per heavy atom. The van der Waals surface area contributed by atoms with Gasteiger partial charge in [-0.2, -0.15) is 0 Å². The Balaban J connectivity index is 1.96. The first-order chi connectivity index (χ1) is 7.79. The van der Waals surface area contributed by atoms with E-state index in [0.29, 0.717) is 0 Å². The van der Waals surface area contributed by atoms with Crippen LogP contribution in [0.4, 0.5) is 0 Å². The van der Waals surface area contributed by atoms with Gasteiger partial charge in [-0.1, -0.05) is 6.07 Å². The first kappa shape index (κ1) is 11.9. The topological polar surface area (TPSA) is 25.2 Å². The minimum atomic E-state index is 0.286. The lowest BCUT2D eigenvalue weighted by molar-refractivity contribution is 0.404. The third-order valence-corrected chi connectivity index (χ3v) is 3.91. The molecular formula is C12H14BrNOS. The van der Waals surface area contributed by atoms with Crippen LogP contribution in [0.15, 0.2) is 38.7 Å². The summed E-state index contributed by atoms with van der Waals surface area (Å²) in [7, 11) is 1.97. The molecule has 4 heteroatoms. The molecule has 0 radical (unpaired) electrons. The van der Waals surface area contributed by atoms with Crippen molar-refractivity contribution in [2.75, 3.05) is 7.05 Å². The van der Waals surface area contributed by atoms with Crippen molar-refractivity contribution in [2.45, 2.75) is 18.9 Å². The molecule has 0 fully saturated rings. The van der Waals surface area contributed by atoms with E-state index in [1.807, 2.05) is 30.5 Å². The van der Waals surface area contributed by atoms with Gasteiger partial charge < -0.3 is 9.73 Å². The third-order valence-electron chi connectivity index (χ3n) is 2.55. The molecule has 2 rings (SSSR count). The zero-order valence-corrected chi connectivity index (χ0v) is 11.5. The van der Waals surface area contributed by atoms with Gasteiger partial charge in [0.05, 0.1) is 6.04 Å². The van der Waals surface area contributed by atoms with Crippen LogP contribution < -0.4 is 5.32 Å². The van der Waals surface area contributed by atoms with Gasteiger partial charge in [0, 0.05) is 4.88 Å². The molecule has 2 aromatic rings. The zero-order chi connectivity index (χ0) is 11.4. The summed E-state index contributed by atoms with van der Waals surface area (Å²) < 4.78 is 6.35. The maximum atomic E-state index is 5.56. The summed E-state index contributed by atoms with van der Waals surface area (Å²) in [5.74, 6) is 0.992. The van der Waals surface area contributed by atoms with Crippen LogP contribution in [0, 0.1) is 0 Å². The molecule has 0 saturated carbocycles. The molecule has 0 aliphatic heterocycles. The van der Waals surface area contributed by atoms with E-state index < -0.39 is 0 Å². The molecule has 2 aromatic heterocycles. The maximum absolute atomic E-state index is 5.56. The van der Waals surface area contributed by atoms with E-state index in [1.165, 1.54) is 4.88 Å². The molecule has 2 heterocycles. The van der Waals surface area contributed by atoms with Crippen molar-refractivity contribution in [1.82, 2.24) is 5.32 Å². The van der Waals surface area contributed by atoms with Crippen molar-refractivity contribution in [2.24, 2.45) is 0 Å². The van der Waals surface area contributed by atoms with Crippen LogP contribution in [-0.4, -0.2) is 7.05 Å². The van der Waals surface area contributed by atoms with Crippen LogP contribution in [-0.2, 0) is 6.42 Å². The fraction of sp³-hybridized carbons (Fsp3) is 0.333. The average molecular weight is 300 g/mol. The zero-order valence-electron chi connectivity index (χ0n) is 9.07. The predicted octanol–water partition coefficient (Wildman–Crippen LogP) is 4.00. The monoisotopic (exact) mass is 299 g/mol. The van der Waals surface area contributed by atoms with Gasteiger partial charge in [-0.15, -0.1) is 11.3 Å². The Bertz CT molecular complexity index is 424. The number of halogens is 1. The van der Waals surface area contributed by atoms with Gasteiger partial charge in [-0.25, -0.2) is 0 Å². The van der Waals surface area contributed by atoms with E-state index in [0.717, 1.165) is 23.3 Å². The summed E-state index contributed by atoms with van der Waals surface area (Å²) in [6.07, 6.45) is 2.14. The van der Waals surface area contributed by atoms with Gasteiger partial charge in [-0.05, 0) is 59.4 Å². The smallest absolute Gasteiger partial charge is 0.169 e. The first-order valence-electron chi connectivity index (χ1n) is 5.24. The van der Waals surface area contributed by atoms with E-state index in [9.17, 15) is 0 Å². The van der Waals surface area contributed by atoms with Crippen LogP contribution in [0.5, 0.6) is 0 Å². The molecule has 1 atom stereocenters. The Morgan fingerprint density at radius 2 is 2.31 bits per heavy atom. The fourth-order valence-corrected chi connectivity index (χ4v) is 2.73. The minimum Gasteiger partial charge on any atom is -0.453 e. The van der Waals surface area contributed by atoms with E-state index in [2.05, 4.69) is 38.8 Å². The summed E-state index contributed by atoms with van der Waals surface area (Å²) in [4.78, 5) is 1.42. The van der Waals surface area contributed by atoms with Crippen molar-refractivity contribution in [1.29, 1.82) is 0 Å². The van der Waals surface area contributed by atoms with Crippen molar-refractivity contribution in [3.63, 3.8) is 0 Å². The average Bonchev–Trinajstić information content (AvgIpc) is 2.91. The number of nitrogens with one attached hydrogen (secondary N) is 1. The van der Waals surface area contributed by atoms with Gasteiger partial charge >= 0.3 is 0 Å². The molecule has 0 aromatic carbocycles. The minimum absolute atomic E-state index is 0.286. The molecule has 0 bridgehead atoms. The van der Waals surface area contributed by atoms with E-state index in [1.54, 1.807) is 0 Å². The lowest BCUT2D eigenvalue weighted by atomic mass is 10.1. The Hall–Kier alpha value is -0.580. The number of thiophene rings is 1. The second kappa shape index (κ2) is 5.66. The molecule has 2 nitrogen and oxygen atoms in total. The fourth-order valence-electron chi connectivity index (χ4n) is 1.69. The standard InChI is InChI=1S/C12H14BrNOS/c1-14-10(11-6-7-12(13)15-11)5-4-9-3-2-8-16-9/h2-3,6-8,10,14H,4-5H2,1H3. The summed E-state index contributed by atoms with van der Waals surface area (Å²) in [5.41, 5.74) is 0. The van der Waals surface area contributed by atoms with Gasteiger partial charge in [-0.3, -0.25) is 0 Å². The Labute approximate surface area is 108 Å². The van der Waals surface area contributed by atoms with Crippen molar-refractivity contribution in [3.8, 4) is 0 Å². The van der Waals surface area contributed by atoms with Crippen molar-refractivity contribution >= 4 is 27.3 Å². The molecule has 0 aliphatic rings. The third kappa shape index (κ3) is 2.97. The number of furan rings is 1. The van der Waals surface area contributed by atoms with E-state index >= 15 is 0 Å². The molecule has 0 aliphatic carbocycles. The Morgan fingerprint density at radius 3 is 2.88 bits per heavy atom. The molecule has 16 heavy (non-hydrogen) atoms. The number of hydrogen-bond donors (Lipinski definition) is 1. The molecule has 86 valence electrons. The lowest BCUT2D eigenvalue weighted by Crippen LogP contribution is -2.16. The molecule has 0 amide bonds. The molecule has 0 spiro atoms. The highest BCUT2D eigenvalue weighted by Crippen LogP contribution is 2.24. The van der Waals surface area contributed by atoms with Crippen molar-refractivity contribution in [3.05, 3.63) is 45.0 Å². The van der Waals surface area contributed by atoms with Crippen LogP contribution in [0.25, 0.3) is 0 Å². The summed E-state index contributed by atoms with van der Waals surface area (Å²) >= 11 is 5.14. The maximum Gasteiger partial charge on any atom is 0.169 e. The number of aryl methyl sites for hydroxylation is 1. The second-order valence-electron chi connectivity index (χ2n) is 3.60. The summed E-state index contributed by atoms with van der Waals surface area (Å²) in [5, 5.41) is 5.40. The summed E-state index contributed by atoms with van der Waals surface area (Å²) in [6.45, 7) is 0. The van der Waals surface area contributed by atoms with Gasteiger partial charge in [0.25, 0.3) is 0 Å². The van der Waals surface area contributed by atoms with Gasteiger partial charge in [0.1, 0.15) is 5.76 Å². The highest BCUT2D eigenvalue weighted by molar-refractivity contribution is 9.10. The lowest BCUT2D eigenvalue weighted by Gasteiger charge is -2.12. The predicted molar refractivity (Wildman–Crippen MR) is 70.8 cm³/mol. The Kier molecular flexibility index (Phi) is 4.21.